The molecule has 0 aliphatic heterocycles. The Morgan fingerprint density at radius 2 is 2.31 bits per heavy atom. The average Bonchev–Trinajstić information content (AvgIpc) is 2.89. The Balaban J connectivity index is 2.36. The van der Waals surface area contributed by atoms with Gasteiger partial charge in [-0.3, -0.25) is 0 Å². The maximum absolute atomic E-state index is 4.42. The van der Waals surface area contributed by atoms with Gasteiger partial charge in [0.25, 0.3) is 0 Å². The summed E-state index contributed by atoms with van der Waals surface area (Å²) in [5.41, 5.74) is 0. The van der Waals surface area contributed by atoms with E-state index in [0.717, 1.165) is 17.4 Å². The zero-order chi connectivity index (χ0) is 11.5. The summed E-state index contributed by atoms with van der Waals surface area (Å²) in [5, 5.41) is 4.38. The van der Waals surface area contributed by atoms with Gasteiger partial charge in [-0.25, -0.2) is 9.97 Å². The van der Waals surface area contributed by atoms with Gasteiger partial charge in [0, 0.05) is 30.0 Å². The van der Waals surface area contributed by atoms with E-state index in [-0.39, 0.29) is 6.04 Å². The second kappa shape index (κ2) is 4.76. The molecular formula is C11H16N4S. The van der Waals surface area contributed by atoms with Crippen molar-refractivity contribution in [2.45, 2.75) is 26.4 Å². The van der Waals surface area contributed by atoms with Gasteiger partial charge in [-0.05, 0) is 20.9 Å². The van der Waals surface area contributed by atoms with Gasteiger partial charge in [-0.2, -0.15) is 0 Å². The molecular weight excluding hydrogens is 220 g/mol. The van der Waals surface area contributed by atoms with Crippen LogP contribution in [0.2, 0.25) is 0 Å². The first-order valence-electron chi connectivity index (χ1n) is 5.37. The molecule has 86 valence electrons. The van der Waals surface area contributed by atoms with Crippen LogP contribution in [0.5, 0.6) is 0 Å². The summed E-state index contributed by atoms with van der Waals surface area (Å²) in [5.74, 6) is 1.05. The zero-order valence-corrected chi connectivity index (χ0v) is 10.6. The highest BCUT2D eigenvalue weighted by molar-refractivity contribution is 7.11. The lowest BCUT2D eigenvalue weighted by atomic mass is 10.2. The molecule has 0 saturated carbocycles. The first-order chi connectivity index (χ1) is 7.76. The molecule has 0 aliphatic carbocycles. The van der Waals surface area contributed by atoms with E-state index in [9.17, 15) is 0 Å². The standard InChI is InChI=1S/C11H16N4S/c1-4-15-6-5-13-11(15)10(12-3)9-7-14-8(2)16-9/h5-7,10,12H,4H2,1-3H3. The van der Waals surface area contributed by atoms with Crippen LogP contribution in [0.15, 0.2) is 18.6 Å². The number of hydrogen-bond donors (Lipinski definition) is 1. The molecule has 2 heterocycles. The minimum absolute atomic E-state index is 0.140. The van der Waals surface area contributed by atoms with Crippen LogP contribution in [0.3, 0.4) is 0 Å². The second-order valence-corrected chi connectivity index (χ2v) is 4.84. The van der Waals surface area contributed by atoms with Crippen LogP contribution < -0.4 is 5.32 Å². The monoisotopic (exact) mass is 236 g/mol. The molecule has 0 saturated heterocycles. The average molecular weight is 236 g/mol. The molecule has 1 unspecified atom stereocenters. The van der Waals surface area contributed by atoms with Crippen LogP contribution in [-0.4, -0.2) is 21.6 Å². The highest BCUT2D eigenvalue weighted by atomic mass is 32.1. The molecule has 0 aliphatic rings. The van der Waals surface area contributed by atoms with E-state index in [1.165, 1.54) is 4.88 Å². The van der Waals surface area contributed by atoms with Gasteiger partial charge in [0.2, 0.25) is 0 Å². The Hall–Kier alpha value is -1.20. The fourth-order valence-corrected chi connectivity index (χ4v) is 2.65. The third-order valence-corrected chi connectivity index (χ3v) is 3.54. The smallest absolute Gasteiger partial charge is 0.131 e. The van der Waals surface area contributed by atoms with Crippen molar-refractivity contribution in [1.82, 2.24) is 19.9 Å². The van der Waals surface area contributed by atoms with E-state index >= 15 is 0 Å². The topological polar surface area (TPSA) is 42.7 Å². The lowest BCUT2D eigenvalue weighted by Crippen LogP contribution is -2.20. The van der Waals surface area contributed by atoms with E-state index in [1.54, 1.807) is 11.3 Å². The molecule has 0 aromatic carbocycles. The molecule has 5 heteroatoms. The Labute approximate surface area is 99.4 Å². The fraction of sp³-hybridized carbons (Fsp3) is 0.455. The van der Waals surface area contributed by atoms with Crippen molar-refractivity contribution in [2.24, 2.45) is 0 Å². The summed E-state index contributed by atoms with van der Waals surface area (Å²) >= 11 is 1.71. The number of rotatable bonds is 4. The van der Waals surface area contributed by atoms with E-state index in [2.05, 4.69) is 26.8 Å². The van der Waals surface area contributed by atoms with Gasteiger partial charge in [0.1, 0.15) is 11.9 Å². The van der Waals surface area contributed by atoms with E-state index in [1.807, 2.05) is 32.6 Å². The summed E-state index contributed by atoms with van der Waals surface area (Å²) in [6.45, 7) is 5.08. The van der Waals surface area contributed by atoms with Crippen LogP contribution >= 0.6 is 11.3 Å². The molecule has 0 fully saturated rings. The third-order valence-electron chi connectivity index (χ3n) is 2.56. The van der Waals surface area contributed by atoms with E-state index < -0.39 is 0 Å². The molecule has 16 heavy (non-hydrogen) atoms. The van der Waals surface area contributed by atoms with Gasteiger partial charge in [-0.1, -0.05) is 0 Å². The number of nitrogens with zero attached hydrogens (tertiary/aromatic N) is 3. The number of aryl methyl sites for hydroxylation is 2. The maximum atomic E-state index is 4.42. The van der Waals surface area contributed by atoms with Crippen LogP contribution in [-0.2, 0) is 6.54 Å². The van der Waals surface area contributed by atoms with Crippen molar-refractivity contribution in [1.29, 1.82) is 0 Å². The molecule has 0 radical (unpaired) electrons. The first-order valence-corrected chi connectivity index (χ1v) is 6.18. The highest BCUT2D eigenvalue weighted by Gasteiger charge is 2.18. The lowest BCUT2D eigenvalue weighted by Gasteiger charge is -2.14. The van der Waals surface area contributed by atoms with Gasteiger partial charge >= 0.3 is 0 Å². The Morgan fingerprint density at radius 1 is 1.50 bits per heavy atom. The SMILES string of the molecule is CCn1ccnc1C(NC)c1cnc(C)s1. The summed E-state index contributed by atoms with van der Waals surface area (Å²) < 4.78 is 2.15. The van der Waals surface area contributed by atoms with Crippen molar-refractivity contribution in [3.63, 3.8) is 0 Å². The Bertz CT molecular complexity index is 460. The molecule has 2 rings (SSSR count). The molecule has 0 amide bonds. The summed E-state index contributed by atoms with van der Waals surface area (Å²) in [7, 11) is 1.95. The van der Waals surface area contributed by atoms with Crippen LogP contribution in [0, 0.1) is 6.92 Å². The number of nitrogens with one attached hydrogen (secondary N) is 1. The van der Waals surface area contributed by atoms with Crippen molar-refractivity contribution < 1.29 is 0 Å². The summed E-state index contributed by atoms with van der Waals surface area (Å²) in [6.07, 6.45) is 5.78. The fourth-order valence-electron chi connectivity index (χ4n) is 1.76. The minimum Gasteiger partial charge on any atom is -0.334 e. The van der Waals surface area contributed by atoms with Crippen LogP contribution in [0.1, 0.15) is 28.7 Å². The van der Waals surface area contributed by atoms with Gasteiger partial charge in [-0.15, -0.1) is 11.3 Å². The molecule has 1 atom stereocenters. The summed E-state index contributed by atoms with van der Waals surface area (Å²) in [4.78, 5) is 9.92. The number of thiazole rings is 1. The van der Waals surface area contributed by atoms with Crippen molar-refractivity contribution in [3.05, 3.63) is 34.3 Å². The third kappa shape index (κ3) is 2.01. The molecule has 2 aromatic heterocycles. The van der Waals surface area contributed by atoms with Crippen LogP contribution in [0.25, 0.3) is 0 Å². The van der Waals surface area contributed by atoms with Crippen LogP contribution in [0.4, 0.5) is 0 Å². The number of aromatic nitrogens is 3. The van der Waals surface area contributed by atoms with E-state index in [0.29, 0.717) is 0 Å². The zero-order valence-electron chi connectivity index (χ0n) is 9.77. The van der Waals surface area contributed by atoms with Crippen molar-refractivity contribution in [2.75, 3.05) is 7.05 Å². The predicted octanol–water partition coefficient (Wildman–Crippen LogP) is 1.98. The van der Waals surface area contributed by atoms with Gasteiger partial charge < -0.3 is 9.88 Å². The predicted molar refractivity (Wildman–Crippen MR) is 65.7 cm³/mol. The van der Waals surface area contributed by atoms with Gasteiger partial charge in [0.05, 0.1) is 5.01 Å². The number of hydrogen-bond acceptors (Lipinski definition) is 4. The maximum Gasteiger partial charge on any atom is 0.131 e. The first kappa shape index (κ1) is 11.3. The largest absolute Gasteiger partial charge is 0.334 e. The van der Waals surface area contributed by atoms with E-state index in [4.69, 9.17) is 0 Å². The molecule has 2 aromatic rings. The Morgan fingerprint density at radius 3 is 2.88 bits per heavy atom. The number of imidazole rings is 1. The minimum atomic E-state index is 0.140. The molecule has 0 bridgehead atoms. The molecule has 4 nitrogen and oxygen atoms in total. The quantitative estimate of drug-likeness (QED) is 0.882. The second-order valence-electron chi connectivity index (χ2n) is 3.57. The Kier molecular flexibility index (Phi) is 3.36. The highest BCUT2D eigenvalue weighted by Crippen LogP contribution is 2.25. The molecule has 1 N–H and O–H groups in total. The normalized spacial score (nSPS) is 12.9. The molecule has 0 spiro atoms. The van der Waals surface area contributed by atoms with Gasteiger partial charge in [0.15, 0.2) is 0 Å². The van der Waals surface area contributed by atoms with Crippen molar-refractivity contribution in [3.8, 4) is 0 Å². The van der Waals surface area contributed by atoms with Crippen molar-refractivity contribution >= 4 is 11.3 Å². The summed E-state index contributed by atoms with van der Waals surface area (Å²) in [6, 6.07) is 0.140. The lowest BCUT2D eigenvalue weighted by molar-refractivity contribution is 0.596.